The predicted octanol–water partition coefficient (Wildman–Crippen LogP) is 5.69. The monoisotopic (exact) mass is 540 g/mol. The molecule has 0 spiro atoms. The number of carbonyl (C=O) groups is 2. The molecule has 4 aromatic rings. The Morgan fingerprint density at radius 2 is 1.77 bits per heavy atom. The maximum Gasteiger partial charge on any atom is 0.253 e. The van der Waals surface area contributed by atoms with Gasteiger partial charge in [-0.05, 0) is 68.5 Å². The molecule has 210 valence electrons. The summed E-state index contributed by atoms with van der Waals surface area (Å²) in [6.45, 7) is 9.80. The third-order valence-corrected chi connectivity index (χ3v) is 9.14. The van der Waals surface area contributed by atoms with Gasteiger partial charge in [0.2, 0.25) is 5.91 Å². The van der Waals surface area contributed by atoms with Gasteiger partial charge in [0.05, 0.1) is 28.5 Å². The van der Waals surface area contributed by atoms with E-state index in [4.69, 9.17) is 9.97 Å². The molecule has 1 unspecified atom stereocenters. The van der Waals surface area contributed by atoms with E-state index >= 15 is 0 Å². The zero-order chi connectivity index (χ0) is 28.3. The average Bonchev–Trinajstić information content (AvgIpc) is 3.44. The van der Waals surface area contributed by atoms with Gasteiger partial charge >= 0.3 is 0 Å². The molecule has 0 saturated carbocycles. The number of carbonyl (C=O) groups excluding carboxylic acids is 2. The van der Waals surface area contributed by atoms with Crippen molar-refractivity contribution < 1.29 is 9.59 Å². The largest absolute Gasteiger partial charge is 0.348 e. The molecule has 0 saturated heterocycles. The van der Waals surface area contributed by atoms with E-state index in [-0.39, 0.29) is 17.9 Å². The molecule has 5 heterocycles. The van der Waals surface area contributed by atoms with E-state index in [1.807, 2.05) is 40.0 Å². The molecule has 2 bridgehead atoms. The molecule has 2 aliphatic rings. The van der Waals surface area contributed by atoms with Crippen LogP contribution in [0.15, 0.2) is 24.3 Å². The standard InChI is InChI=1S/C32H40N6O2/c1-19-22-13-16-36(5)30(39)23(22)18-25-27(19)37(6)29(35-25)26-17-21-11-12-24-20(2)33-31(40)32(3,4)14-9-7-8-10-15-38(26)28(21)34-24/h11-12,17-18,20H,7-10,13-16H2,1-6H3,(H,33,40). The average molecular weight is 541 g/mol. The first-order chi connectivity index (χ1) is 19.1. The van der Waals surface area contributed by atoms with Crippen molar-refractivity contribution in [3.05, 3.63) is 46.6 Å². The van der Waals surface area contributed by atoms with E-state index in [1.54, 1.807) is 4.90 Å². The predicted molar refractivity (Wildman–Crippen MR) is 158 cm³/mol. The van der Waals surface area contributed by atoms with Gasteiger partial charge in [0.1, 0.15) is 5.65 Å². The molecule has 1 atom stereocenters. The minimum atomic E-state index is -0.395. The summed E-state index contributed by atoms with van der Waals surface area (Å²) in [6, 6.07) is 8.11. The Hall–Kier alpha value is -3.68. The highest BCUT2D eigenvalue weighted by Gasteiger charge is 2.30. The molecule has 1 N–H and O–H groups in total. The molecule has 0 radical (unpaired) electrons. The number of nitrogens with zero attached hydrogens (tertiary/aromatic N) is 5. The van der Waals surface area contributed by atoms with Crippen LogP contribution in [0.3, 0.4) is 0 Å². The number of aromatic nitrogens is 4. The van der Waals surface area contributed by atoms with Gasteiger partial charge in [-0.25, -0.2) is 9.97 Å². The summed E-state index contributed by atoms with van der Waals surface area (Å²) in [7, 11) is 3.94. The number of amides is 2. The third-order valence-electron chi connectivity index (χ3n) is 9.14. The Morgan fingerprint density at radius 3 is 2.58 bits per heavy atom. The smallest absolute Gasteiger partial charge is 0.253 e. The Morgan fingerprint density at radius 1 is 1.00 bits per heavy atom. The van der Waals surface area contributed by atoms with Crippen LogP contribution in [-0.2, 0) is 24.8 Å². The molecule has 40 heavy (non-hydrogen) atoms. The quantitative estimate of drug-likeness (QED) is 0.336. The van der Waals surface area contributed by atoms with Crippen LogP contribution in [0.25, 0.3) is 33.6 Å². The van der Waals surface area contributed by atoms with Crippen molar-refractivity contribution in [3.8, 4) is 11.5 Å². The molecule has 2 amide bonds. The molecule has 1 aromatic carbocycles. The first-order valence-electron chi connectivity index (χ1n) is 14.6. The first kappa shape index (κ1) is 26.5. The van der Waals surface area contributed by atoms with E-state index in [0.717, 1.165) is 108 Å². The summed E-state index contributed by atoms with van der Waals surface area (Å²) in [5.41, 5.74) is 7.40. The van der Waals surface area contributed by atoms with Crippen LogP contribution in [-0.4, -0.2) is 49.4 Å². The SMILES string of the molecule is Cc1c2c(cc3nc(-c4cc5ccc6nc5n4CCCCCCC(C)(C)C(=O)NC6C)n(C)c13)C(=O)N(C)CC2. The van der Waals surface area contributed by atoms with Crippen molar-refractivity contribution in [3.63, 3.8) is 0 Å². The van der Waals surface area contributed by atoms with E-state index in [1.165, 1.54) is 0 Å². The number of hydrogen-bond acceptors (Lipinski definition) is 4. The fourth-order valence-corrected chi connectivity index (χ4v) is 6.53. The molecule has 6 rings (SSSR count). The number of nitrogens with one attached hydrogen (secondary N) is 1. The van der Waals surface area contributed by atoms with Crippen LogP contribution in [0.2, 0.25) is 0 Å². The zero-order valence-corrected chi connectivity index (χ0v) is 24.6. The lowest BCUT2D eigenvalue weighted by Gasteiger charge is -2.26. The van der Waals surface area contributed by atoms with E-state index in [2.05, 4.69) is 40.6 Å². The number of likely N-dealkylation sites (N-methyl/N-ethyl adjacent to an activating group) is 1. The normalized spacial score (nSPS) is 20.1. The van der Waals surface area contributed by atoms with Crippen molar-refractivity contribution in [1.29, 1.82) is 0 Å². The third kappa shape index (κ3) is 4.28. The number of rotatable bonds is 1. The maximum absolute atomic E-state index is 13.1. The summed E-state index contributed by atoms with van der Waals surface area (Å²) >= 11 is 0. The molecule has 8 nitrogen and oxygen atoms in total. The van der Waals surface area contributed by atoms with Gasteiger partial charge in [-0.1, -0.05) is 33.1 Å². The highest BCUT2D eigenvalue weighted by molar-refractivity contribution is 6.01. The van der Waals surface area contributed by atoms with Gasteiger partial charge in [-0.15, -0.1) is 0 Å². The van der Waals surface area contributed by atoms with Gasteiger partial charge in [-0.2, -0.15) is 0 Å². The highest BCUT2D eigenvalue weighted by atomic mass is 16.2. The van der Waals surface area contributed by atoms with Crippen molar-refractivity contribution in [2.24, 2.45) is 12.5 Å². The molecule has 8 heteroatoms. The Labute approximate surface area is 235 Å². The van der Waals surface area contributed by atoms with Crippen LogP contribution in [0.4, 0.5) is 0 Å². The lowest BCUT2D eigenvalue weighted by atomic mass is 9.85. The highest BCUT2D eigenvalue weighted by Crippen LogP contribution is 2.35. The van der Waals surface area contributed by atoms with Gasteiger partial charge in [-0.3, -0.25) is 9.59 Å². The van der Waals surface area contributed by atoms with Gasteiger partial charge in [0.25, 0.3) is 5.91 Å². The topological polar surface area (TPSA) is 85.0 Å². The molecule has 0 aliphatic carbocycles. The molecule has 2 aliphatic heterocycles. The number of aryl methyl sites for hydroxylation is 3. The maximum atomic E-state index is 13.1. The second-order valence-electron chi connectivity index (χ2n) is 12.4. The number of benzene rings is 1. The van der Waals surface area contributed by atoms with Crippen molar-refractivity contribution in [2.75, 3.05) is 13.6 Å². The molecule has 0 fully saturated rings. The summed E-state index contributed by atoms with van der Waals surface area (Å²) in [4.78, 5) is 38.1. The van der Waals surface area contributed by atoms with Crippen LogP contribution in [0.5, 0.6) is 0 Å². The first-order valence-corrected chi connectivity index (χ1v) is 14.6. The van der Waals surface area contributed by atoms with Crippen LogP contribution < -0.4 is 5.32 Å². The number of fused-ring (bicyclic) bond motifs is 3. The molecular weight excluding hydrogens is 500 g/mol. The minimum Gasteiger partial charge on any atom is -0.348 e. The van der Waals surface area contributed by atoms with Gasteiger partial charge in [0, 0.05) is 43.5 Å². The van der Waals surface area contributed by atoms with Crippen molar-refractivity contribution in [1.82, 2.24) is 29.3 Å². The van der Waals surface area contributed by atoms with Crippen LogP contribution >= 0.6 is 0 Å². The second kappa shape index (κ2) is 9.75. The Bertz CT molecular complexity index is 1660. The van der Waals surface area contributed by atoms with E-state index in [0.29, 0.717) is 0 Å². The van der Waals surface area contributed by atoms with Crippen LogP contribution in [0, 0.1) is 12.3 Å². The lowest BCUT2D eigenvalue weighted by molar-refractivity contribution is -0.130. The molecular formula is C32H40N6O2. The Kier molecular flexibility index (Phi) is 6.47. The second-order valence-corrected chi connectivity index (χ2v) is 12.4. The summed E-state index contributed by atoms with van der Waals surface area (Å²) in [5.74, 6) is 1.03. The van der Waals surface area contributed by atoms with E-state index in [9.17, 15) is 9.59 Å². The van der Waals surface area contributed by atoms with Crippen molar-refractivity contribution in [2.45, 2.75) is 78.8 Å². The van der Waals surface area contributed by atoms with Crippen LogP contribution in [0.1, 0.15) is 86.1 Å². The fourth-order valence-electron chi connectivity index (χ4n) is 6.53. The van der Waals surface area contributed by atoms with Gasteiger partial charge < -0.3 is 19.4 Å². The summed E-state index contributed by atoms with van der Waals surface area (Å²) < 4.78 is 4.49. The van der Waals surface area contributed by atoms with Crippen molar-refractivity contribution >= 4 is 33.9 Å². The molecule has 3 aromatic heterocycles. The zero-order valence-electron chi connectivity index (χ0n) is 24.6. The lowest BCUT2D eigenvalue weighted by Crippen LogP contribution is -2.38. The number of imidazole rings is 1. The number of hydrogen-bond donors (Lipinski definition) is 1. The van der Waals surface area contributed by atoms with Gasteiger partial charge in [0.15, 0.2) is 5.82 Å². The van der Waals surface area contributed by atoms with E-state index < -0.39 is 5.41 Å². The fraction of sp³-hybridized carbons (Fsp3) is 0.500. The number of pyridine rings is 1. The Balaban J connectivity index is 1.49. The summed E-state index contributed by atoms with van der Waals surface area (Å²) in [6.07, 6.45) is 5.99. The summed E-state index contributed by atoms with van der Waals surface area (Å²) in [5, 5.41) is 4.27. The minimum absolute atomic E-state index is 0.0713.